The number of alkyl halides is 3. The summed E-state index contributed by atoms with van der Waals surface area (Å²) in [6, 6.07) is -0.0576. The van der Waals surface area contributed by atoms with Crippen LogP contribution in [0.5, 0.6) is 0 Å². The summed E-state index contributed by atoms with van der Waals surface area (Å²) in [6.07, 6.45) is -1.80. The van der Waals surface area contributed by atoms with Crippen LogP contribution in [0.15, 0.2) is 12.4 Å². The first-order valence-electron chi connectivity index (χ1n) is 6.49. The van der Waals surface area contributed by atoms with Crippen molar-refractivity contribution in [1.82, 2.24) is 15.4 Å². The Morgan fingerprint density at radius 1 is 1.43 bits per heavy atom. The van der Waals surface area contributed by atoms with E-state index in [4.69, 9.17) is 5.84 Å². The largest absolute Gasteiger partial charge is 0.419 e. The summed E-state index contributed by atoms with van der Waals surface area (Å²) in [5, 5.41) is 0. The summed E-state index contributed by atoms with van der Waals surface area (Å²) >= 11 is 0. The van der Waals surface area contributed by atoms with Crippen LogP contribution in [-0.4, -0.2) is 28.5 Å². The average Bonchev–Trinajstić information content (AvgIpc) is 2.45. The van der Waals surface area contributed by atoms with E-state index in [9.17, 15) is 18.0 Å². The molecule has 21 heavy (non-hydrogen) atoms. The molecule has 0 aliphatic carbocycles. The molecule has 0 aromatic carbocycles. The van der Waals surface area contributed by atoms with E-state index in [0.29, 0.717) is 19.4 Å². The van der Waals surface area contributed by atoms with Crippen molar-refractivity contribution in [1.29, 1.82) is 0 Å². The number of nitrogens with zero attached hydrogens (tertiary/aromatic N) is 3. The first-order valence-corrected chi connectivity index (χ1v) is 6.49. The van der Waals surface area contributed by atoms with Gasteiger partial charge in [-0.25, -0.2) is 15.8 Å². The van der Waals surface area contributed by atoms with Crippen molar-refractivity contribution in [3.8, 4) is 0 Å². The first kappa shape index (κ1) is 15.5. The molecule has 1 aliphatic heterocycles. The van der Waals surface area contributed by atoms with Gasteiger partial charge < -0.3 is 4.90 Å². The normalized spacial score (nSPS) is 23.0. The molecule has 2 rings (SSSR count). The van der Waals surface area contributed by atoms with Crippen molar-refractivity contribution in [2.24, 2.45) is 11.8 Å². The summed E-state index contributed by atoms with van der Waals surface area (Å²) in [4.78, 5) is 20.8. The van der Waals surface area contributed by atoms with Crippen molar-refractivity contribution in [2.45, 2.75) is 32.0 Å². The second kappa shape index (κ2) is 5.84. The summed E-state index contributed by atoms with van der Waals surface area (Å²) in [7, 11) is 0. The van der Waals surface area contributed by atoms with Crippen LogP contribution in [0.25, 0.3) is 0 Å². The Labute approximate surface area is 119 Å². The smallest absolute Gasteiger partial charge is 0.338 e. The third-order valence-electron chi connectivity index (χ3n) is 3.61. The number of carbonyl (C=O) groups excluding carboxylic acids is 1. The topological polar surface area (TPSA) is 84.1 Å². The van der Waals surface area contributed by atoms with E-state index in [2.05, 4.69) is 15.4 Å². The molecule has 2 heterocycles. The minimum Gasteiger partial charge on any atom is -0.338 e. The van der Waals surface area contributed by atoms with Crippen LogP contribution in [0.1, 0.15) is 25.3 Å². The van der Waals surface area contributed by atoms with Crippen LogP contribution in [0.4, 0.5) is 19.1 Å². The first-order chi connectivity index (χ1) is 9.82. The molecule has 1 aromatic rings. The zero-order valence-corrected chi connectivity index (χ0v) is 11.4. The Hall–Kier alpha value is -1.90. The van der Waals surface area contributed by atoms with Gasteiger partial charge >= 0.3 is 6.18 Å². The number of nitrogens with two attached hydrogens (primary N) is 1. The number of anilines is 1. The molecule has 9 heteroatoms. The molecule has 2 atom stereocenters. The third-order valence-corrected chi connectivity index (χ3v) is 3.61. The van der Waals surface area contributed by atoms with E-state index in [-0.39, 0.29) is 23.8 Å². The van der Waals surface area contributed by atoms with Gasteiger partial charge in [0, 0.05) is 30.9 Å². The molecule has 3 N–H and O–H groups in total. The average molecular weight is 303 g/mol. The molecule has 1 aromatic heterocycles. The van der Waals surface area contributed by atoms with Crippen LogP contribution >= 0.6 is 0 Å². The minimum absolute atomic E-state index is 0.0576. The number of hydrogen-bond donors (Lipinski definition) is 2. The van der Waals surface area contributed by atoms with Gasteiger partial charge in [0.15, 0.2) is 0 Å². The van der Waals surface area contributed by atoms with Crippen LogP contribution < -0.4 is 16.2 Å². The summed E-state index contributed by atoms with van der Waals surface area (Å²) in [5.74, 6) is 4.92. The summed E-state index contributed by atoms with van der Waals surface area (Å²) in [5.41, 5.74) is 1.24. The monoisotopic (exact) mass is 303 g/mol. The quantitative estimate of drug-likeness (QED) is 0.485. The molecule has 0 spiro atoms. The maximum Gasteiger partial charge on any atom is 0.419 e. The van der Waals surface area contributed by atoms with Gasteiger partial charge in [0.2, 0.25) is 11.9 Å². The summed E-state index contributed by atoms with van der Waals surface area (Å²) < 4.78 is 37.4. The van der Waals surface area contributed by atoms with E-state index in [0.717, 1.165) is 12.4 Å². The Morgan fingerprint density at radius 2 is 2.05 bits per heavy atom. The lowest BCUT2D eigenvalue weighted by Crippen LogP contribution is -2.47. The fourth-order valence-corrected chi connectivity index (χ4v) is 2.44. The van der Waals surface area contributed by atoms with E-state index in [1.165, 1.54) is 0 Å². The van der Waals surface area contributed by atoms with Gasteiger partial charge in [-0.2, -0.15) is 13.2 Å². The molecule has 2 unspecified atom stereocenters. The van der Waals surface area contributed by atoms with E-state index in [1.807, 2.05) is 6.92 Å². The third kappa shape index (κ3) is 3.41. The van der Waals surface area contributed by atoms with E-state index in [1.54, 1.807) is 4.90 Å². The fraction of sp³-hybridized carbons (Fsp3) is 0.583. The van der Waals surface area contributed by atoms with Crippen LogP contribution in [0, 0.1) is 5.92 Å². The van der Waals surface area contributed by atoms with E-state index >= 15 is 0 Å². The number of amides is 1. The number of hydrogen-bond acceptors (Lipinski definition) is 5. The van der Waals surface area contributed by atoms with Gasteiger partial charge in [-0.15, -0.1) is 0 Å². The van der Waals surface area contributed by atoms with Gasteiger partial charge in [0.05, 0.1) is 5.56 Å². The molecule has 1 fully saturated rings. The Bertz CT molecular complexity index is 505. The molecule has 1 saturated heterocycles. The molecule has 1 amide bonds. The number of piperidine rings is 1. The Kier molecular flexibility index (Phi) is 4.31. The number of hydrazine groups is 1. The van der Waals surface area contributed by atoms with E-state index < -0.39 is 11.7 Å². The molecule has 116 valence electrons. The molecule has 0 saturated carbocycles. The number of carbonyl (C=O) groups is 1. The number of halogens is 3. The van der Waals surface area contributed by atoms with Gasteiger partial charge in [0.1, 0.15) is 0 Å². The number of rotatable bonds is 2. The van der Waals surface area contributed by atoms with Crippen molar-refractivity contribution in [3.63, 3.8) is 0 Å². The second-order valence-corrected chi connectivity index (χ2v) is 5.04. The van der Waals surface area contributed by atoms with Gasteiger partial charge in [-0.3, -0.25) is 10.2 Å². The zero-order chi connectivity index (χ0) is 15.6. The maximum atomic E-state index is 12.5. The fourth-order valence-electron chi connectivity index (χ4n) is 2.44. The number of aromatic nitrogens is 2. The van der Waals surface area contributed by atoms with Gasteiger partial charge in [0.25, 0.3) is 0 Å². The Morgan fingerprint density at radius 3 is 2.52 bits per heavy atom. The standard InChI is InChI=1S/C12H16F3N5O/c1-7-4-8(10(21)19-16)2-3-20(7)11-17-5-9(6-18-11)12(13,14)15/h5-8H,2-4,16H2,1H3,(H,19,21). The predicted molar refractivity (Wildman–Crippen MR) is 68.9 cm³/mol. The van der Waals surface area contributed by atoms with Crippen LogP contribution in [0.3, 0.4) is 0 Å². The Balaban J connectivity index is 2.08. The lowest BCUT2D eigenvalue weighted by Gasteiger charge is -2.36. The molecule has 0 radical (unpaired) electrons. The van der Waals surface area contributed by atoms with Crippen molar-refractivity contribution in [3.05, 3.63) is 18.0 Å². The highest BCUT2D eigenvalue weighted by atomic mass is 19.4. The van der Waals surface area contributed by atoms with Crippen molar-refractivity contribution in [2.75, 3.05) is 11.4 Å². The highest BCUT2D eigenvalue weighted by Gasteiger charge is 2.33. The molecular weight excluding hydrogens is 287 g/mol. The number of nitrogens with one attached hydrogen (secondary N) is 1. The van der Waals surface area contributed by atoms with Gasteiger partial charge in [-0.05, 0) is 19.8 Å². The maximum absolute atomic E-state index is 12.5. The molecular formula is C12H16F3N5O. The SMILES string of the molecule is CC1CC(C(=O)NN)CCN1c1ncc(C(F)(F)F)cn1. The lowest BCUT2D eigenvalue weighted by molar-refractivity contribution is -0.138. The molecule has 1 aliphatic rings. The van der Waals surface area contributed by atoms with Crippen LogP contribution in [-0.2, 0) is 11.0 Å². The van der Waals surface area contributed by atoms with Crippen molar-refractivity contribution < 1.29 is 18.0 Å². The highest BCUT2D eigenvalue weighted by molar-refractivity contribution is 5.78. The van der Waals surface area contributed by atoms with Crippen molar-refractivity contribution >= 4 is 11.9 Å². The van der Waals surface area contributed by atoms with Gasteiger partial charge in [-0.1, -0.05) is 0 Å². The molecule has 6 nitrogen and oxygen atoms in total. The minimum atomic E-state index is -4.45. The highest BCUT2D eigenvalue weighted by Crippen LogP contribution is 2.30. The lowest BCUT2D eigenvalue weighted by atomic mass is 9.91. The zero-order valence-electron chi connectivity index (χ0n) is 11.4. The van der Waals surface area contributed by atoms with Crippen LogP contribution in [0.2, 0.25) is 0 Å². The molecule has 0 bridgehead atoms. The summed E-state index contributed by atoms with van der Waals surface area (Å²) in [6.45, 7) is 2.36. The predicted octanol–water partition coefficient (Wildman–Crippen LogP) is 1.09. The second-order valence-electron chi connectivity index (χ2n) is 5.04.